The van der Waals surface area contributed by atoms with Gasteiger partial charge in [0.25, 0.3) is 5.91 Å². The summed E-state index contributed by atoms with van der Waals surface area (Å²) < 4.78 is 1.76. The van der Waals surface area contributed by atoms with Gasteiger partial charge in [-0.05, 0) is 36.4 Å². The number of piperazine rings is 1. The lowest BCUT2D eigenvalue weighted by Gasteiger charge is -2.36. The van der Waals surface area contributed by atoms with E-state index in [1.54, 1.807) is 4.68 Å². The normalized spacial score (nSPS) is 13.9. The average molecular weight is 443 g/mol. The SMILES string of the molecule is O=C(c1cc(-c2ccccc2)nn1-c1ccccc1)N1CCN(c2cccc(Cl)c2)CC1. The molecule has 0 aliphatic carbocycles. The van der Waals surface area contributed by atoms with Crippen LogP contribution in [-0.4, -0.2) is 46.8 Å². The van der Waals surface area contributed by atoms with Crippen molar-refractivity contribution in [3.63, 3.8) is 0 Å². The van der Waals surface area contributed by atoms with Gasteiger partial charge in [0.15, 0.2) is 0 Å². The van der Waals surface area contributed by atoms with Crippen LogP contribution in [0.1, 0.15) is 10.5 Å². The fraction of sp³-hybridized carbons (Fsp3) is 0.154. The minimum Gasteiger partial charge on any atom is -0.368 e. The molecule has 160 valence electrons. The monoisotopic (exact) mass is 442 g/mol. The van der Waals surface area contributed by atoms with Crippen molar-refractivity contribution < 1.29 is 4.79 Å². The summed E-state index contributed by atoms with van der Waals surface area (Å²) in [6, 6.07) is 29.5. The first-order valence-corrected chi connectivity index (χ1v) is 11.1. The molecule has 5 nitrogen and oxygen atoms in total. The maximum atomic E-state index is 13.6. The second-order valence-corrected chi connectivity index (χ2v) is 8.22. The van der Waals surface area contributed by atoms with E-state index in [1.807, 2.05) is 89.8 Å². The molecule has 6 heteroatoms. The molecule has 0 bridgehead atoms. The smallest absolute Gasteiger partial charge is 0.272 e. The molecule has 5 rings (SSSR count). The van der Waals surface area contributed by atoms with Crippen molar-refractivity contribution in [2.24, 2.45) is 0 Å². The van der Waals surface area contributed by atoms with Crippen molar-refractivity contribution >= 4 is 23.2 Å². The van der Waals surface area contributed by atoms with Gasteiger partial charge in [-0.25, -0.2) is 4.68 Å². The number of para-hydroxylation sites is 1. The molecule has 32 heavy (non-hydrogen) atoms. The predicted molar refractivity (Wildman–Crippen MR) is 129 cm³/mol. The molecule has 1 aliphatic rings. The zero-order valence-corrected chi connectivity index (χ0v) is 18.3. The number of nitrogens with zero attached hydrogens (tertiary/aromatic N) is 4. The van der Waals surface area contributed by atoms with Crippen LogP contribution >= 0.6 is 11.6 Å². The number of hydrogen-bond donors (Lipinski definition) is 0. The zero-order valence-electron chi connectivity index (χ0n) is 17.6. The third-order valence-corrected chi connectivity index (χ3v) is 5.97. The quantitative estimate of drug-likeness (QED) is 0.438. The first kappa shape index (κ1) is 20.3. The summed E-state index contributed by atoms with van der Waals surface area (Å²) in [5, 5.41) is 5.51. The van der Waals surface area contributed by atoms with Gasteiger partial charge >= 0.3 is 0 Å². The van der Waals surface area contributed by atoms with Crippen LogP contribution in [0.15, 0.2) is 91.0 Å². The number of amides is 1. The van der Waals surface area contributed by atoms with Gasteiger partial charge in [-0.15, -0.1) is 0 Å². The van der Waals surface area contributed by atoms with Gasteiger partial charge in [-0.2, -0.15) is 5.10 Å². The van der Waals surface area contributed by atoms with Crippen molar-refractivity contribution in [3.05, 3.63) is 102 Å². The maximum absolute atomic E-state index is 13.6. The van der Waals surface area contributed by atoms with Crippen LogP contribution < -0.4 is 4.90 Å². The van der Waals surface area contributed by atoms with Crippen molar-refractivity contribution in [2.45, 2.75) is 0 Å². The highest BCUT2D eigenvalue weighted by atomic mass is 35.5. The molecule has 4 aromatic rings. The van der Waals surface area contributed by atoms with Gasteiger partial charge in [-0.3, -0.25) is 4.79 Å². The molecular formula is C26H23ClN4O. The molecule has 2 heterocycles. The molecule has 3 aromatic carbocycles. The Morgan fingerprint density at radius 1 is 0.750 bits per heavy atom. The fourth-order valence-corrected chi connectivity index (χ4v) is 4.24. The van der Waals surface area contributed by atoms with Crippen LogP contribution in [0, 0.1) is 0 Å². The highest BCUT2D eigenvalue weighted by Gasteiger charge is 2.26. The maximum Gasteiger partial charge on any atom is 0.272 e. The fourth-order valence-electron chi connectivity index (χ4n) is 4.05. The molecule has 0 radical (unpaired) electrons. The minimum atomic E-state index is -0.00530. The van der Waals surface area contributed by atoms with Crippen molar-refractivity contribution in [3.8, 4) is 16.9 Å². The number of rotatable bonds is 4. The first-order chi connectivity index (χ1) is 15.7. The second-order valence-electron chi connectivity index (χ2n) is 7.79. The van der Waals surface area contributed by atoms with Gasteiger partial charge in [0.1, 0.15) is 5.69 Å². The topological polar surface area (TPSA) is 41.4 Å². The van der Waals surface area contributed by atoms with Crippen LogP contribution in [0.4, 0.5) is 5.69 Å². The van der Waals surface area contributed by atoms with E-state index in [1.165, 1.54) is 0 Å². The Kier molecular flexibility index (Phi) is 5.65. The predicted octanol–water partition coefficient (Wildman–Crippen LogP) is 5.16. The summed E-state index contributed by atoms with van der Waals surface area (Å²) in [5.41, 5.74) is 4.31. The Morgan fingerprint density at radius 3 is 2.09 bits per heavy atom. The summed E-state index contributed by atoms with van der Waals surface area (Å²) in [4.78, 5) is 17.7. The molecule has 1 amide bonds. The summed E-state index contributed by atoms with van der Waals surface area (Å²) in [6.07, 6.45) is 0. The van der Waals surface area contributed by atoms with Gasteiger partial charge in [0, 0.05) is 42.5 Å². The highest BCUT2D eigenvalue weighted by Crippen LogP contribution is 2.24. The van der Waals surface area contributed by atoms with Crippen molar-refractivity contribution in [1.82, 2.24) is 14.7 Å². The zero-order chi connectivity index (χ0) is 21.9. The number of benzene rings is 3. The lowest BCUT2D eigenvalue weighted by atomic mass is 10.1. The molecule has 1 aliphatic heterocycles. The van der Waals surface area contributed by atoms with Crippen molar-refractivity contribution in [1.29, 1.82) is 0 Å². The number of carbonyl (C=O) groups excluding carboxylic acids is 1. The molecule has 0 N–H and O–H groups in total. The number of carbonyl (C=O) groups is 1. The van der Waals surface area contributed by atoms with Crippen LogP contribution in [-0.2, 0) is 0 Å². The molecule has 1 saturated heterocycles. The number of anilines is 1. The van der Waals surface area contributed by atoms with Crippen molar-refractivity contribution in [2.75, 3.05) is 31.1 Å². The Balaban J connectivity index is 1.41. The lowest BCUT2D eigenvalue weighted by molar-refractivity contribution is 0.0737. The van der Waals surface area contributed by atoms with Crippen LogP contribution in [0.5, 0.6) is 0 Å². The van der Waals surface area contributed by atoms with Gasteiger partial charge in [0.05, 0.1) is 11.4 Å². The number of hydrogen-bond acceptors (Lipinski definition) is 3. The van der Waals surface area contributed by atoms with Crippen LogP contribution in [0.25, 0.3) is 16.9 Å². The third-order valence-electron chi connectivity index (χ3n) is 5.74. The molecule has 0 saturated carbocycles. The van der Waals surface area contributed by atoms with E-state index in [4.69, 9.17) is 16.7 Å². The van der Waals surface area contributed by atoms with E-state index in [9.17, 15) is 4.79 Å². The Bertz CT molecular complexity index is 1220. The lowest BCUT2D eigenvalue weighted by Crippen LogP contribution is -2.49. The van der Waals surface area contributed by atoms with Crippen LogP contribution in [0.3, 0.4) is 0 Å². The summed E-state index contributed by atoms with van der Waals surface area (Å²) in [6.45, 7) is 2.81. The molecule has 1 fully saturated rings. The third kappa shape index (κ3) is 4.12. The van der Waals surface area contributed by atoms with Gasteiger partial charge in [0.2, 0.25) is 0 Å². The van der Waals surface area contributed by atoms with E-state index in [0.717, 1.165) is 40.7 Å². The Morgan fingerprint density at radius 2 is 1.41 bits per heavy atom. The van der Waals surface area contributed by atoms with Gasteiger partial charge in [-0.1, -0.05) is 66.2 Å². The molecule has 0 unspecified atom stereocenters. The first-order valence-electron chi connectivity index (χ1n) is 10.7. The Hall–Kier alpha value is -3.57. The summed E-state index contributed by atoms with van der Waals surface area (Å²) in [7, 11) is 0. The van der Waals surface area contributed by atoms with Gasteiger partial charge < -0.3 is 9.80 Å². The minimum absolute atomic E-state index is 0.00530. The van der Waals surface area contributed by atoms with E-state index >= 15 is 0 Å². The second kappa shape index (κ2) is 8.89. The Labute approximate surface area is 192 Å². The summed E-state index contributed by atoms with van der Waals surface area (Å²) in [5.74, 6) is -0.00530. The van der Waals surface area contributed by atoms with E-state index < -0.39 is 0 Å². The number of aromatic nitrogens is 2. The molecule has 1 aromatic heterocycles. The highest BCUT2D eigenvalue weighted by molar-refractivity contribution is 6.30. The molecular weight excluding hydrogens is 420 g/mol. The van der Waals surface area contributed by atoms with Crippen LogP contribution in [0.2, 0.25) is 5.02 Å². The standard InChI is InChI=1S/C26H23ClN4O/c27-21-10-7-13-23(18-21)29-14-16-30(17-15-29)26(32)25-19-24(20-8-3-1-4-9-20)28-31(25)22-11-5-2-6-12-22/h1-13,18-19H,14-17H2. The molecule has 0 spiro atoms. The van der Waals surface area contributed by atoms with E-state index in [0.29, 0.717) is 18.8 Å². The molecule has 0 atom stereocenters. The van der Waals surface area contributed by atoms with E-state index in [-0.39, 0.29) is 5.91 Å². The average Bonchev–Trinajstić information content (AvgIpc) is 3.30. The number of halogens is 1. The largest absolute Gasteiger partial charge is 0.368 e. The summed E-state index contributed by atoms with van der Waals surface area (Å²) >= 11 is 6.15. The van der Waals surface area contributed by atoms with E-state index in [2.05, 4.69) is 11.0 Å².